The van der Waals surface area contributed by atoms with Gasteiger partial charge in [-0.3, -0.25) is 4.79 Å². The van der Waals surface area contributed by atoms with Crippen LogP contribution in [0.15, 0.2) is 54.1 Å². The molecule has 1 amide bonds. The van der Waals surface area contributed by atoms with E-state index in [9.17, 15) is 4.79 Å². The Morgan fingerprint density at radius 2 is 2.10 bits per heavy atom. The van der Waals surface area contributed by atoms with E-state index in [0.717, 1.165) is 22.0 Å². The third kappa shape index (κ3) is 7.24. The fourth-order valence-electron chi connectivity index (χ4n) is 2.57. The Morgan fingerprint density at radius 3 is 2.84 bits per heavy atom. The molecule has 158 valence electrons. The molecule has 0 radical (unpaired) electrons. The van der Waals surface area contributed by atoms with E-state index in [1.54, 1.807) is 35.7 Å². The standard InChI is InChI=1S/C23H22N4O3S/c1-17-26-19(16-31-17)15-30-20-9-6-18(7-10-20)8-11-22(28)27-23-21(5-4-13-25-23)29-14-3-2-12-24/h4-11,13,16H,2-3,14-15H2,1H3,(H,25,27,28)/b11-8+. The molecule has 0 aliphatic carbocycles. The fraction of sp³-hybridized carbons (Fsp3) is 0.217. The molecule has 2 aromatic heterocycles. The Labute approximate surface area is 185 Å². The third-order valence-corrected chi connectivity index (χ3v) is 4.89. The van der Waals surface area contributed by atoms with E-state index < -0.39 is 0 Å². The van der Waals surface area contributed by atoms with Crippen LogP contribution in [0, 0.1) is 18.3 Å². The molecule has 0 bridgehead atoms. The van der Waals surface area contributed by atoms with Crippen molar-refractivity contribution in [3.05, 3.63) is 70.3 Å². The van der Waals surface area contributed by atoms with E-state index in [1.807, 2.05) is 36.6 Å². The quantitative estimate of drug-likeness (QED) is 0.365. The first-order chi connectivity index (χ1) is 15.1. The topological polar surface area (TPSA) is 97.1 Å². The lowest BCUT2D eigenvalue weighted by Crippen LogP contribution is -2.11. The van der Waals surface area contributed by atoms with Crippen LogP contribution in [0.4, 0.5) is 5.82 Å². The summed E-state index contributed by atoms with van der Waals surface area (Å²) >= 11 is 1.60. The van der Waals surface area contributed by atoms with Crippen LogP contribution in [0.25, 0.3) is 6.08 Å². The van der Waals surface area contributed by atoms with Gasteiger partial charge in [-0.15, -0.1) is 11.3 Å². The lowest BCUT2D eigenvalue weighted by atomic mass is 10.2. The number of hydrogen-bond acceptors (Lipinski definition) is 7. The smallest absolute Gasteiger partial charge is 0.249 e. The summed E-state index contributed by atoms with van der Waals surface area (Å²) in [5, 5.41) is 14.3. The summed E-state index contributed by atoms with van der Waals surface area (Å²) in [6.07, 6.45) is 5.75. The minimum Gasteiger partial charge on any atom is -0.490 e. The van der Waals surface area contributed by atoms with Gasteiger partial charge in [0.15, 0.2) is 11.6 Å². The maximum atomic E-state index is 12.3. The van der Waals surface area contributed by atoms with Crippen LogP contribution in [0.3, 0.4) is 0 Å². The van der Waals surface area contributed by atoms with Crippen molar-refractivity contribution in [1.29, 1.82) is 5.26 Å². The highest BCUT2D eigenvalue weighted by molar-refractivity contribution is 7.09. The number of amides is 1. The Hall–Kier alpha value is -3.70. The highest BCUT2D eigenvalue weighted by Gasteiger charge is 2.07. The van der Waals surface area contributed by atoms with Gasteiger partial charge in [0.25, 0.3) is 0 Å². The summed E-state index contributed by atoms with van der Waals surface area (Å²) in [5.74, 6) is 1.23. The normalized spacial score (nSPS) is 10.6. The largest absolute Gasteiger partial charge is 0.490 e. The molecule has 0 saturated carbocycles. The molecule has 3 aromatic rings. The molecule has 1 N–H and O–H groups in total. The van der Waals surface area contributed by atoms with Gasteiger partial charge in [0, 0.05) is 24.1 Å². The minimum atomic E-state index is -0.320. The Bertz CT molecular complexity index is 1070. The number of ether oxygens (including phenoxy) is 2. The lowest BCUT2D eigenvalue weighted by molar-refractivity contribution is -0.111. The zero-order valence-electron chi connectivity index (χ0n) is 17.1. The van der Waals surface area contributed by atoms with E-state index in [1.165, 1.54) is 6.08 Å². The van der Waals surface area contributed by atoms with Gasteiger partial charge in [0.1, 0.15) is 12.4 Å². The minimum absolute atomic E-state index is 0.320. The number of nitrogens with one attached hydrogen (secondary N) is 1. The zero-order valence-corrected chi connectivity index (χ0v) is 17.9. The monoisotopic (exact) mass is 434 g/mol. The average molecular weight is 435 g/mol. The number of unbranched alkanes of at least 4 members (excludes halogenated alkanes) is 1. The van der Waals surface area contributed by atoms with Crippen molar-refractivity contribution in [3.8, 4) is 17.6 Å². The summed E-state index contributed by atoms with van der Waals surface area (Å²) in [6.45, 7) is 2.77. The van der Waals surface area contributed by atoms with Crippen molar-refractivity contribution in [2.24, 2.45) is 0 Å². The summed E-state index contributed by atoms with van der Waals surface area (Å²) < 4.78 is 11.3. The van der Waals surface area contributed by atoms with Gasteiger partial charge in [0.2, 0.25) is 5.91 Å². The SMILES string of the molecule is Cc1nc(COc2ccc(/C=C/C(=O)Nc3ncccc3OCCCC#N)cc2)cs1. The second-order valence-corrected chi connectivity index (χ2v) is 7.56. The molecule has 0 unspecified atom stereocenters. The molecule has 8 heteroatoms. The molecule has 31 heavy (non-hydrogen) atoms. The van der Waals surface area contributed by atoms with Gasteiger partial charge in [-0.25, -0.2) is 9.97 Å². The van der Waals surface area contributed by atoms with Crippen molar-refractivity contribution in [3.63, 3.8) is 0 Å². The summed E-state index contributed by atoms with van der Waals surface area (Å²) in [5.41, 5.74) is 1.77. The molecular weight excluding hydrogens is 412 g/mol. The average Bonchev–Trinajstić information content (AvgIpc) is 3.21. The van der Waals surface area contributed by atoms with E-state index in [0.29, 0.717) is 37.6 Å². The first-order valence-corrected chi connectivity index (χ1v) is 10.6. The predicted octanol–water partition coefficient (Wildman–Crippen LogP) is 4.76. The number of benzene rings is 1. The maximum absolute atomic E-state index is 12.3. The van der Waals surface area contributed by atoms with Crippen molar-refractivity contribution in [2.75, 3.05) is 11.9 Å². The van der Waals surface area contributed by atoms with Crippen molar-refractivity contribution in [1.82, 2.24) is 9.97 Å². The number of pyridine rings is 1. The van der Waals surface area contributed by atoms with Gasteiger partial charge in [-0.05, 0) is 49.2 Å². The summed E-state index contributed by atoms with van der Waals surface area (Å²) in [4.78, 5) is 20.8. The van der Waals surface area contributed by atoms with Crippen LogP contribution >= 0.6 is 11.3 Å². The number of thiazole rings is 1. The van der Waals surface area contributed by atoms with Crippen LogP contribution in [0.5, 0.6) is 11.5 Å². The number of rotatable bonds is 10. The molecule has 0 spiro atoms. The lowest BCUT2D eigenvalue weighted by Gasteiger charge is -2.09. The van der Waals surface area contributed by atoms with Gasteiger partial charge in [-0.2, -0.15) is 5.26 Å². The number of aryl methyl sites for hydroxylation is 1. The molecule has 0 atom stereocenters. The van der Waals surface area contributed by atoms with Crippen LogP contribution in [-0.4, -0.2) is 22.5 Å². The first-order valence-electron chi connectivity index (χ1n) is 9.72. The van der Waals surface area contributed by atoms with Gasteiger partial charge in [0.05, 0.1) is 23.4 Å². The second kappa shape index (κ2) is 11.5. The van der Waals surface area contributed by atoms with E-state index in [4.69, 9.17) is 14.7 Å². The Morgan fingerprint density at radius 1 is 1.26 bits per heavy atom. The number of nitriles is 1. The number of carbonyl (C=O) groups excluding carboxylic acids is 1. The van der Waals surface area contributed by atoms with Crippen LogP contribution in [0.2, 0.25) is 0 Å². The molecule has 3 rings (SSSR count). The molecule has 0 aliphatic heterocycles. The summed E-state index contributed by atoms with van der Waals surface area (Å²) in [6, 6.07) is 13.0. The fourth-order valence-corrected chi connectivity index (χ4v) is 3.17. The maximum Gasteiger partial charge on any atom is 0.249 e. The van der Waals surface area contributed by atoms with Gasteiger partial charge in [-0.1, -0.05) is 12.1 Å². The number of carbonyl (C=O) groups is 1. The molecule has 0 aliphatic rings. The Balaban J connectivity index is 1.51. The molecule has 7 nitrogen and oxygen atoms in total. The van der Waals surface area contributed by atoms with Crippen molar-refractivity contribution >= 4 is 29.1 Å². The van der Waals surface area contributed by atoms with Crippen LogP contribution in [0.1, 0.15) is 29.1 Å². The number of anilines is 1. The van der Waals surface area contributed by atoms with E-state index >= 15 is 0 Å². The van der Waals surface area contributed by atoms with Crippen molar-refractivity contribution in [2.45, 2.75) is 26.4 Å². The zero-order chi connectivity index (χ0) is 21.9. The highest BCUT2D eigenvalue weighted by atomic mass is 32.1. The number of hydrogen-bond donors (Lipinski definition) is 1. The van der Waals surface area contributed by atoms with E-state index in [2.05, 4.69) is 21.4 Å². The van der Waals surface area contributed by atoms with E-state index in [-0.39, 0.29) is 5.91 Å². The molecule has 2 heterocycles. The van der Waals surface area contributed by atoms with Crippen LogP contribution in [-0.2, 0) is 11.4 Å². The first kappa shape index (κ1) is 22.0. The summed E-state index contributed by atoms with van der Waals surface area (Å²) in [7, 11) is 0. The van der Waals surface area contributed by atoms with Gasteiger partial charge >= 0.3 is 0 Å². The van der Waals surface area contributed by atoms with Gasteiger partial charge < -0.3 is 14.8 Å². The molecule has 0 saturated heterocycles. The third-order valence-electron chi connectivity index (χ3n) is 4.06. The molecule has 0 fully saturated rings. The second-order valence-electron chi connectivity index (χ2n) is 6.50. The Kier molecular flexibility index (Phi) is 8.14. The number of aromatic nitrogens is 2. The molecular formula is C23H22N4O3S. The van der Waals surface area contributed by atoms with Crippen molar-refractivity contribution < 1.29 is 14.3 Å². The predicted molar refractivity (Wildman–Crippen MR) is 120 cm³/mol. The number of nitrogens with zero attached hydrogens (tertiary/aromatic N) is 3. The highest BCUT2D eigenvalue weighted by Crippen LogP contribution is 2.21. The van der Waals surface area contributed by atoms with Crippen LogP contribution < -0.4 is 14.8 Å². The molecule has 1 aromatic carbocycles.